The van der Waals surface area contributed by atoms with E-state index in [-0.39, 0.29) is 0 Å². The van der Waals surface area contributed by atoms with Gasteiger partial charge in [0.05, 0.1) is 6.20 Å². The van der Waals surface area contributed by atoms with Gasteiger partial charge in [-0.3, -0.25) is 4.90 Å². The second-order valence-electron chi connectivity index (χ2n) is 4.64. The molecule has 1 aromatic heterocycles. The first kappa shape index (κ1) is 11.8. The van der Waals surface area contributed by atoms with Crippen LogP contribution in [0, 0.1) is 11.3 Å². The number of nitriles is 1. The molecule has 1 aromatic rings. The molecule has 2 rings (SSSR count). The molecule has 0 N–H and O–H groups in total. The summed E-state index contributed by atoms with van der Waals surface area (Å²) in [4.78, 5) is 12.7. The molecule has 0 saturated carbocycles. The Bertz CT molecular complexity index is 427. The van der Waals surface area contributed by atoms with Gasteiger partial charge in [-0.25, -0.2) is 9.97 Å². The fourth-order valence-electron chi connectivity index (χ4n) is 2.23. The number of hydrogen-bond donors (Lipinski definition) is 0. The fraction of sp³-hybridized carbons (Fsp3) is 0.583. The molecule has 0 spiro atoms. The number of hydrogen-bond acceptors (Lipinski definition) is 5. The zero-order valence-corrected chi connectivity index (χ0v) is 10.5. The molecular weight excluding hydrogens is 214 g/mol. The van der Waals surface area contributed by atoms with Gasteiger partial charge < -0.3 is 4.90 Å². The van der Waals surface area contributed by atoms with Crippen LogP contribution in [-0.2, 0) is 0 Å². The third-order valence-corrected chi connectivity index (χ3v) is 3.47. The average Bonchev–Trinajstić information content (AvgIpc) is 2.35. The molecular formula is C12H17N5. The summed E-state index contributed by atoms with van der Waals surface area (Å²) in [6.45, 7) is 6.17. The lowest BCUT2D eigenvalue weighted by Gasteiger charge is -2.43. The van der Waals surface area contributed by atoms with Crippen LogP contribution in [0.2, 0.25) is 0 Å². The lowest BCUT2D eigenvalue weighted by atomic mass is 10.1. The van der Waals surface area contributed by atoms with Crippen LogP contribution in [0.4, 0.5) is 5.82 Å². The molecule has 1 aliphatic rings. The van der Waals surface area contributed by atoms with Gasteiger partial charge in [0.2, 0.25) is 0 Å². The molecule has 5 nitrogen and oxygen atoms in total. The van der Waals surface area contributed by atoms with Crippen molar-refractivity contribution in [1.29, 1.82) is 5.26 Å². The summed E-state index contributed by atoms with van der Waals surface area (Å²) in [5.41, 5.74) is 0.552. The average molecular weight is 231 g/mol. The van der Waals surface area contributed by atoms with Gasteiger partial charge in [0.15, 0.2) is 0 Å². The molecule has 2 atom stereocenters. The molecule has 1 fully saturated rings. The minimum absolute atomic E-state index is 0.459. The quantitative estimate of drug-likeness (QED) is 0.718. The summed E-state index contributed by atoms with van der Waals surface area (Å²) in [5.74, 6) is 0.759. The van der Waals surface area contributed by atoms with E-state index in [4.69, 9.17) is 5.26 Å². The van der Waals surface area contributed by atoms with E-state index in [1.807, 2.05) is 0 Å². The van der Waals surface area contributed by atoms with Crippen molar-refractivity contribution < 1.29 is 0 Å². The predicted octanol–water partition coefficient (Wildman–Crippen LogP) is 0.877. The smallest absolute Gasteiger partial charge is 0.150 e. The van der Waals surface area contributed by atoms with Gasteiger partial charge in [-0.15, -0.1) is 0 Å². The third-order valence-electron chi connectivity index (χ3n) is 3.47. The fourth-order valence-corrected chi connectivity index (χ4v) is 2.23. The topological polar surface area (TPSA) is 56.1 Å². The molecule has 2 heterocycles. The van der Waals surface area contributed by atoms with Crippen LogP contribution in [0.15, 0.2) is 12.5 Å². The van der Waals surface area contributed by atoms with E-state index in [2.05, 4.69) is 46.7 Å². The van der Waals surface area contributed by atoms with Crippen LogP contribution in [0.3, 0.4) is 0 Å². The van der Waals surface area contributed by atoms with Gasteiger partial charge in [-0.05, 0) is 20.9 Å². The van der Waals surface area contributed by atoms with Crippen LogP contribution in [-0.4, -0.2) is 47.1 Å². The number of anilines is 1. The largest absolute Gasteiger partial charge is 0.352 e. The summed E-state index contributed by atoms with van der Waals surface area (Å²) >= 11 is 0. The first-order valence-electron chi connectivity index (χ1n) is 5.80. The number of rotatable bonds is 1. The molecule has 0 amide bonds. The lowest BCUT2D eigenvalue weighted by Crippen LogP contribution is -2.55. The molecule has 1 saturated heterocycles. The van der Waals surface area contributed by atoms with E-state index < -0.39 is 0 Å². The SMILES string of the molecule is CC1CN(c2ncncc2C#N)CC(C)N1C. The number of nitrogens with zero attached hydrogens (tertiary/aromatic N) is 5. The second kappa shape index (κ2) is 4.68. The van der Waals surface area contributed by atoms with Gasteiger partial charge in [0, 0.05) is 25.2 Å². The van der Waals surface area contributed by atoms with Crippen molar-refractivity contribution >= 4 is 5.82 Å². The maximum Gasteiger partial charge on any atom is 0.150 e. The van der Waals surface area contributed by atoms with Crippen LogP contribution in [0.5, 0.6) is 0 Å². The number of likely N-dealkylation sites (N-methyl/N-ethyl adjacent to an activating group) is 1. The Morgan fingerprint density at radius 1 is 1.35 bits per heavy atom. The van der Waals surface area contributed by atoms with E-state index in [0.717, 1.165) is 18.9 Å². The summed E-state index contributed by atoms with van der Waals surface area (Å²) in [6, 6.07) is 3.07. The highest BCUT2D eigenvalue weighted by Gasteiger charge is 2.28. The van der Waals surface area contributed by atoms with Crippen molar-refractivity contribution in [2.75, 3.05) is 25.0 Å². The van der Waals surface area contributed by atoms with Crippen LogP contribution in [0.25, 0.3) is 0 Å². The van der Waals surface area contributed by atoms with Gasteiger partial charge in [-0.1, -0.05) is 0 Å². The molecule has 2 unspecified atom stereocenters. The zero-order chi connectivity index (χ0) is 12.4. The first-order chi connectivity index (χ1) is 8.13. The van der Waals surface area contributed by atoms with Crippen LogP contribution < -0.4 is 4.90 Å². The number of aromatic nitrogens is 2. The third kappa shape index (κ3) is 2.22. The van der Waals surface area contributed by atoms with Crippen molar-refractivity contribution in [2.24, 2.45) is 0 Å². The van der Waals surface area contributed by atoms with E-state index in [1.54, 1.807) is 6.20 Å². The Morgan fingerprint density at radius 3 is 2.59 bits per heavy atom. The maximum atomic E-state index is 9.07. The molecule has 5 heteroatoms. The van der Waals surface area contributed by atoms with E-state index in [1.165, 1.54) is 6.33 Å². The monoisotopic (exact) mass is 231 g/mol. The van der Waals surface area contributed by atoms with Crippen molar-refractivity contribution in [1.82, 2.24) is 14.9 Å². The van der Waals surface area contributed by atoms with Crippen molar-refractivity contribution in [3.8, 4) is 6.07 Å². The molecule has 0 bridgehead atoms. The maximum absolute atomic E-state index is 9.07. The summed E-state index contributed by atoms with van der Waals surface area (Å²) < 4.78 is 0. The molecule has 0 aromatic carbocycles. The Balaban J connectivity index is 2.26. The summed E-state index contributed by atoms with van der Waals surface area (Å²) in [5, 5.41) is 9.07. The van der Waals surface area contributed by atoms with E-state index >= 15 is 0 Å². The minimum Gasteiger partial charge on any atom is -0.352 e. The Labute approximate surface area is 102 Å². The highest BCUT2D eigenvalue weighted by atomic mass is 15.3. The van der Waals surface area contributed by atoms with Gasteiger partial charge >= 0.3 is 0 Å². The van der Waals surface area contributed by atoms with Gasteiger partial charge in [0.1, 0.15) is 23.8 Å². The van der Waals surface area contributed by atoms with Crippen LogP contribution >= 0.6 is 0 Å². The predicted molar refractivity (Wildman–Crippen MR) is 65.6 cm³/mol. The van der Waals surface area contributed by atoms with E-state index in [9.17, 15) is 0 Å². The van der Waals surface area contributed by atoms with Crippen molar-refractivity contribution in [2.45, 2.75) is 25.9 Å². The second-order valence-corrected chi connectivity index (χ2v) is 4.64. The summed E-state index contributed by atoms with van der Waals surface area (Å²) in [6.07, 6.45) is 3.08. The van der Waals surface area contributed by atoms with Crippen LogP contribution in [0.1, 0.15) is 19.4 Å². The Morgan fingerprint density at radius 2 is 2.00 bits per heavy atom. The van der Waals surface area contributed by atoms with Crippen molar-refractivity contribution in [3.63, 3.8) is 0 Å². The lowest BCUT2D eigenvalue weighted by molar-refractivity contribution is 0.169. The minimum atomic E-state index is 0.459. The van der Waals surface area contributed by atoms with Crippen molar-refractivity contribution in [3.05, 3.63) is 18.1 Å². The molecule has 1 aliphatic heterocycles. The zero-order valence-electron chi connectivity index (χ0n) is 10.5. The highest BCUT2D eigenvalue weighted by Crippen LogP contribution is 2.21. The molecule has 0 aliphatic carbocycles. The van der Waals surface area contributed by atoms with Gasteiger partial charge in [-0.2, -0.15) is 5.26 Å². The molecule has 90 valence electrons. The number of piperazine rings is 1. The van der Waals surface area contributed by atoms with Gasteiger partial charge in [0.25, 0.3) is 0 Å². The van der Waals surface area contributed by atoms with E-state index in [0.29, 0.717) is 17.6 Å². The first-order valence-corrected chi connectivity index (χ1v) is 5.80. The Kier molecular flexibility index (Phi) is 3.25. The molecule has 0 radical (unpaired) electrons. The molecule has 17 heavy (non-hydrogen) atoms. The highest BCUT2D eigenvalue weighted by molar-refractivity contribution is 5.52. The Hall–Kier alpha value is -1.67. The normalized spacial score (nSPS) is 25.6. The standard InChI is InChI=1S/C12H17N5/c1-9-6-17(7-10(2)16(9)3)12-11(4-13)5-14-8-15-12/h5,8-10H,6-7H2,1-3H3. The summed E-state index contributed by atoms with van der Waals surface area (Å²) in [7, 11) is 2.14.